The van der Waals surface area contributed by atoms with Crippen molar-refractivity contribution in [2.75, 3.05) is 62.3 Å². The summed E-state index contributed by atoms with van der Waals surface area (Å²) in [5, 5.41) is 0. The Bertz CT molecular complexity index is 1080. The van der Waals surface area contributed by atoms with E-state index in [-0.39, 0.29) is 17.9 Å². The SMILES string of the molecule is CCCN1CCCC(c2cccc3c2CCN3C(=O)Cc2nc(N3CCOCC3)cc(=O)[nH]2)C1. The minimum absolute atomic E-state index is 0.0190. The number of aromatic amines is 1. The van der Waals surface area contributed by atoms with E-state index in [9.17, 15) is 9.59 Å². The lowest BCUT2D eigenvalue weighted by Gasteiger charge is -2.33. The van der Waals surface area contributed by atoms with Crippen LogP contribution in [0.15, 0.2) is 29.1 Å². The van der Waals surface area contributed by atoms with Gasteiger partial charge in [0.05, 0.1) is 19.6 Å². The van der Waals surface area contributed by atoms with Crippen LogP contribution < -0.4 is 15.4 Å². The molecule has 1 amide bonds. The van der Waals surface area contributed by atoms with Crippen LogP contribution in [0.4, 0.5) is 11.5 Å². The number of H-pyrrole nitrogens is 1. The summed E-state index contributed by atoms with van der Waals surface area (Å²) in [5.41, 5.74) is 3.54. The zero-order valence-electron chi connectivity index (χ0n) is 20.1. The third-order valence-electron chi connectivity index (χ3n) is 7.28. The fourth-order valence-corrected chi connectivity index (χ4v) is 5.70. The van der Waals surface area contributed by atoms with E-state index in [2.05, 4.69) is 40.0 Å². The molecule has 0 saturated carbocycles. The maximum absolute atomic E-state index is 13.3. The van der Waals surface area contributed by atoms with Crippen LogP contribution in [0.25, 0.3) is 0 Å². The third kappa shape index (κ3) is 4.88. The monoisotopic (exact) mass is 465 g/mol. The number of benzene rings is 1. The van der Waals surface area contributed by atoms with E-state index in [4.69, 9.17) is 4.74 Å². The molecule has 1 unspecified atom stereocenters. The third-order valence-corrected chi connectivity index (χ3v) is 7.28. The highest BCUT2D eigenvalue weighted by atomic mass is 16.5. The van der Waals surface area contributed by atoms with Crippen LogP contribution in [-0.4, -0.2) is 73.3 Å². The number of anilines is 2. The number of hydrogen-bond acceptors (Lipinski definition) is 6. The molecular weight excluding hydrogens is 430 g/mol. The van der Waals surface area contributed by atoms with Crippen molar-refractivity contribution >= 4 is 17.4 Å². The minimum Gasteiger partial charge on any atom is -0.378 e. The number of nitrogens with zero attached hydrogens (tertiary/aromatic N) is 4. The van der Waals surface area contributed by atoms with Crippen LogP contribution >= 0.6 is 0 Å². The van der Waals surface area contributed by atoms with Gasteiger partial charge in [0, 0.05) is 37.9 Å². The van der Waals surface area contributed by atoms with Crippen molar-refractivity contribution in [3.05, 3.63) is 51.6 Å². The number of morpholine rings is 1. The molecule has 1 atom stereocenters. The molecular formula is C26H35N5O3. The van der Waals surface area contributed by atoms with Gasteiger partial charge in [-0.15, -0.1) is 0 Å². The zero-order chi connectivity index (χ0) is 23.5. The molecule has 0 aliphatic carbocycles. The lowest BCUT2D eigenvalue weighted by molar-refractivity contribution is -0.118. The fourth-order valence-electron chi connectivity index (χ4n) is 5.70. The maximum Gasteiger partial charge on any atom is 0.252 e. The number of likely N-dealkylation sites (tertiary alicyclic amines) is 1. The zero-order valence-corrected chi connectivity index (χ0v) is 20.1. The van der Waals surface area contributed by atoms with Gasteiger partial charge >= 0.3 is 0 Å². The molecule has 2 saturated heterocycles. The van der Waals surface area contributed by atoms with Gasteiger partial charge in [0.15, 0.2) is 0 Å². The van der Waals surface area contributed by atoms with Crippen molar-refractivity contribution in [3.63, 3.8) is 0 Å². The van der Waals surface area contributed by atoms with Crippen molar-refractivity contribution in [2.45, 2.75) is 44.9 Å². The second kappa shape index (κ2) is 10.3. The summed E-state index contributed by atoms with van der Waals surface area (Å²) >= 11 is 0. The summed E-state index contributed by atoms with van der Waals surface area (Å²) in [7, 11) is 0. The largest absolute Gasteiger partial charge is 0.378 e. The van der Waals surface area contributed by atoms with Crippen LogP contribution in [0.2, 0.25) is 0 Å². The normalized spacial score (nSPS) is 21.0. The van der Waals surface area contributed by atoms with Crippen LogP contribution in [0.5, 0.6) is 0 Å². The van der Waals surface area contributed by atoms with E-state index in [1.165, 1.54) is 43.0 Å². The molecule has 1 aromatic carbocycles. The number of piperidine rings is 1. The highest BCUT2D eigenvalue weighted by Crippen LogP contribution is 2.37. The minimum atomic E-state index is -0.225. The van der Waals surface area contributed by atoms with Crippen LogP contribution in [0.3, 0.4) is 0 Å². The highest BCUT2D eigenvalue weighted by Gasteiger charge is 2.30. The molecule has 3 aliphatic heterocycles. The topological polar surface area (TPSA) is 81.8 Å². The van der Waals surface area contributed by atoms with E-state index in [0.29, 0.717) is 50.4 Å². The molecule has 0 spiro atoms. The van der Waals surface area contributed by atoms with Crippen molar-refractivity contribution in [3.8, 4) is 0 Å². The van der Waals surface area contributed by atoms with E-state index in [1.807, 2.05) is 9.80 Å². The number of ether oxygens (including phenoxy) is 1. The quantitative estimate of drug-likeness (QED) is 0.705. The van der Waals surface area contributed by atoms with E-state index >= 15 is 0 Å². The molecule has 34 heavy (non-hydrogen) atoms. The van der Waals surface area contributed by atoms with Gasteiger partial charge in [-0.25, -0.2) is 4.98 Å². The average molecular weight is 466 g/mol. The lowest BCUT2D eigenvalue weighted by Crippen LogP contribution is -2.38. The summed E-state index contributed by atoms with van der Waals surface area (Å²) in [6, 6.07) is 7.93. The summed E-state index contributed by atoms with van der Waals surface area (Å²) in [6.45, 7) is 9.02. The predicted molar refractivity (Wildman–Crippen MR) is 133 cm³/mol. The van der Waals surface area contributed by atoms with E-state index < -0.39 is 0 Å². The van der Waals surface area contributed by atoms with Gasteiger partial charge in [-0.1, -0.05) is 19.1 Å². The molecule has 8 nitrogen and oxygen atoms in total. The number of rotatable bonds is 6. The number of nitrogens with one attached hydrogen (secondary N) is 1. The average Bonchev–Trinajstić information content (AvgIpc) is 3.29. The Morgan fingerprint density at radius 3 is 2.88 bits per heavy atom. The molecule has 2 aromatic rings. The number of carbonyl (C=O) groups excluding carboxylic acids is 1. The molecule has 1 aromatic heterocycles. The van der Waals surface area contributed by atoms with Gasteiger partial charge in [0.1, 0.15) is 11.6 Å². The molecule has 0 bridgehead atoms. The molecule has 3 aliphatic rings. The van der Waals surface area contributed by atoms with Gasteiger partial charge in [0.25, 0.3) is 5.56 Å². The number of fused-ring (bicyclic) bond motifs is 1. The number of carbonyl (C=O) groups is 1. The first kappa shape index (κ1) is 23.1. The van der Waals surface area contributed by atoms with Crippen molar-refractivity contribution in [1.82, 2.24) is 14.9 Å². The second-order valence-electron chi connectivity index (χ2n) is 9.61. The Balaban J connectivity index is 1.32. The first-order valence-electron chi connectivity index (χ1n) is 12.7. The lowest BCUT2D eigenvalue weighted by atomic mass is 9.86. The maximum atomic E-state index is 13.3. The van der Waals surface area contributed by atoms with E-state index in [1.54, 1.807) is 0 Å². The van der Waals surface area contributed by atoms with Gasteiger partial charge in [-0.05, 0) is 61.9 Å². The number of hydrogen-bond donors (Lipinski definition) is 1. The molecule has 4 heterocycles. The molecule has 8 heteroatoms. The molecule has 2 fully saturated rings. The Hall–Kier alpha value is -2.71. The van der Waals surface area contributed by atoms with Crippen LogP contribution in [-0.2, 0) is 22.4 Å². The van der Waals surface area contributed by atoms with Crippen molar-refractivity contribution < 1.29 is 9.53 Å². The van der Waals surface area contributed by atoms with Gasteiger partial charge in [-0.2, -0.15) is 0 Å². The summed E-state index contributed by atoms with van der Waals surface area (Å²) < 4.78 is 5.40. The van der Waals surface area contributed by atoms with Crippen LogP contribution in [0, 0.1) is 0 Å². The summed E-state index contributed by atoms with van der Waals surface area (Å²) in [4.78, 5) is 39.5. The second-order valence-corrected chi connectivity index (χ2v) is 9.61. The Labute approximate surface area is 200 Å². The number of amides is 1. The number of aromatic nitrogens is 2. The molecule has 0 radical (unpaired) electrons. The Morgan fingerprint density at radius 1 is 1.21 bits per heavy atom. The molecule has 5 rings (SSSR count). The predicted octanol–water partition coefficient (Wildman–Crippen LogP) is 2.33. The fraction of sp³-hybridized carbons (Fsp3) is 0.577. The molecule has 182 valence electrons. The molecule has 1 N–H and O–H groups in total. The van der Waals surface area contributed by atoms with Gasteiger partial charge < -0.3 is 24.4 Å². The Morgan fingerprint density at radius 2 is 2.06 bits per heavy atom. The van der Waals surface area contributed by atoms with Crippen molar-refractivity contribution in [1.29, 1.82) is 0 Å². The van der Waals surface area contributed by atoms with E-state index in [0.717, 1.165) is 25.2 Å². The van der Waals surface area contributed by atoms with Gasteiger partial charge in [-0.3, -0.25) is 9.59 Å². The smallest absolute Gasteiger partial charge is 0.252 e. The van der Waals surface area contributed by atoms with Gasteiger partial charge in [0.2, 0.25) is 5.91 Å². The standard InChI is InChI=1S/C26H35N5O3/c1-2-9-29-10-4-5-19(18-29)20-6-3-7-22-21(20)8-11-31(22)26(33)16-23-27-24(17-25(32)28-23)30-12-14-34-15-13-30/h3,6-7,17,19H,2,4-5,8-16,18H2,1H3,(H,27,28,32). The highest BCUT2D eigenvalue weighted by molar-refractivity contribution is 5.96. The summed E-state index contributed by atoms with van der Waals surface area (Å²) in [6.07, 6.45) is 4.61. The first-order chi connectivity index (χ1) is 16.6. The van der Waals surface area contributed by atoms with Crippen LogP contribution in [0.1, 0.15) is 49.1 Å². The first-order valence-corrected chi connectivity index (χ1v) is 12.7. The van der Waals surface area contributed by atoms with Crippen molar-refractivity contribution in [2.24, 2.45) is 0 Å². The Kier molecular flexibility index (Phi) is 6.97. The summed E-state index contributed by atoms with van der Waals surface area (Å²) in [5.74, 6) is 1.56.